The third-order valence-electron chi connectivity index (χ3n) is 5.29. The molecule has 0 aromatic heterocycles. The fraction of sp³-hybridized carbons (Fsp3) is 0.458. The number of hydrogen-bond donors (Lipinski definition) is 1. The van der Waals surface area contributed by atoms with Crippen LogP contribution in [-0.4, -0.2) is 35.2 Å². The summed E-state index contributed by atoms with van der Waals surface area (Å²) in [6.45, 7) is 7.64. The van der Waals surface area contributed by atoms with Crippen LogP contribution in [0.2, 0.25) is 0 Å². The number of unbranched alkanes of at least 4 members (excludes halogenated alkanes) is 3. The zero-order valence-electron chi connectivity index (χ0n) is 18.1. The number of carbonyl (C=O) groups is 1. The lowest BCUT2D eigenvalue weighted by atomic mass is 10.0. The molecule has 0 aliphatic heterocycles. The largest absolute Gasteiger partial charge is 0.350 e. The molecule has 0 bridgehead atoms. The Balaban J connectivity index is 1.82. The molecule has 0 heterocycles. The Labute approximate surface area is 179 Å². The third-order valence-corrected chi connectivity index (χ3v) is 5.29. The van der Waals surface area contributed by atoms with Crippen molar-refractivity contribution in [1.82, 2.24) is 4.90 Å². The van der Waals surface area contributed by atoms with E-state index in [1.807, 2.05) is 30.3 Å². The van der Waals surface area contributed by atoms with E-state index in [-0.39, 0.29) is 17.9 Å². The molecule has 6 nitrogen and oxygen atoms in total. The van der Waals surface area contributed by atoms with Crippen molar-refractivity contribution in [3.05, 3.63) is 64.2 Å². The maximum absolute atomic E-state index is 12.3. The standard InChI is InChI=1S/C24H33N3O3/c1-3-26(4-2)17-11-6-5-10-14-22(28)18-20-15-16-23(24(19-20)27(29)30)25-21-12-8-7-9-13-21/h7-9,12-13,15-16,19,25H,3-6,10-11,14,17-18H2,1-2H3. The van der Waals surface area contributed by atoms with E-state index < -0.39 is 4.92 Å². The van der Waals surface area contributed by atoms with Gasteiger partial charge in [0.25, 0.3) is 5.69 Å². The number of rotatable bonds is 14. The van der Waals surface area contributed by atoms with Crippen LogP contribution >= 0.6 is 0 Å². The second-order valence-corrected chi connectivity index (χ2v) is 7.51. The van der Waals surface area contributed by atoms with Gasteiger partial charge in [0.1, 0.15) is 11.5 Å². The van der Waals surface area contributed by atoms with Crippen molar-refractivity contribution in [2.75, 3.05) is 25.0 Å². The number of Topliss-reactive ketones (excluding diaryl/α,β-unsaturated/α-hetero) is 1. The number of nitrogens with one attached hydrogen (secondary N) is 1. The summed E-state index contributed by atoms with van der Waals surface area (Å²) in [5, 5.41) is 14.6. The van der Waals surface area contributed by atoms with E-state index in [4.69, 9.17) is 0 Å². The summed E-state index contributed by atoms with van der Waals surface area (Å²) in [5.41, 5.74) is 1.88. The first kappa shape index (κ1) is 23.5. The van der Waals surface area contributed by atoms with Crippen LogP contribution in [0.3, 0.4) is 0 Å². The van der Waals surface area contributed by atoms with Crippen LogP contribution in [0, 0.1) is 10.1 Å². The molecule has 0 atom stereocenters. The zero-order valence-corrected chi connectivity index (χ0v) is 18.1. The minimum atomic E-state index is -0.408. The normalized spacial score (nSPS) is 10.9. The molecule has 0 radical (unpaired) electrons. The van der Waals surface area contributed by atoms with E-state index in [1.54, 1.807) is 12.1 Å². The highest BCUT2D eigenvalue weighted by Gasteiger charge is 2.16. The summed E-state index contributed by atoms with van der Waals surface area (Å²) in [5.74, 6) is 0.136. The van der Waals surface area contributed by atoms with Gasteiger partial charge in [-0.3, -0.25) is 14.9 Å². The van der Waals surface area contributed by atoms with Crippen molar-refractivity contribution >= 4 is 22.8 Å². The summed E-state index contributed by atoms with van der Waals surface area (Å²) in [6.07, 6.45) is 5.00. The molecule has 162 valence electrons. The average Bonchev–Trinajstić information content (AvgIpc) is 2.75. The van der Waals surface area contributed by atoms with Gasteiger partial charge in [0, 0.05) is 24.6 Å². The molecule has 2 aromatic carbocycles. The lowest BCUT2D eigenvalue weighted by Gasteiger charge is -2.17. The van der Waals surface area contributed by atoms with E-state index in [1.165, 1.54) is 6.07 Å². The Hall–Kier alpha value is -2.73. The molecule has 0 aliphatic rings. The fourth-order valence-corrected chi connectivity index (χ4v) is 3.49. The van der Waals surface area contributed by atoms with E-state index in [9.17, 15) is 14.9 Å². The molecule has 1 N–H and O–H groups in total. The number of carbonyl (C=O) groups excluding carboxylic acids is 1. The Morgan fingerprint density at radius 2 is 1.70 bits per heavy atom. The van der Waals surface area contributed by atoms with Gasteiger partial charge >= 0.3 is 0 Å². The smallest absolute Gasteiger partial charge is 0.292 e. The molecule has 0 fully saturated rings. The number of nitro groups is 1. The highest BCUT2D eigenvalue weighted by molar-refractivity contribution is 5.81. The lowest BCUT2D eigenvalue weighted by Crippen LogP contribution is -2.23. The molecule has 0 amide bonds. The van der Waals surface area contributed by atoms with Crippen molar-refractivity contribution in [3.8, 4) is 0 Å². The quantitative estimate of drug-likeness (QED) is 0.244. The number of nitrogens with zero attached hydrogens (tertiary/aromatic N) is 2. The third kappa shape index (κ3) is 7.95. The zero-order chi connectivity index (χ0) is 21.8. The lowest BCUT2D eigenvalue weighted by molar-refractivity contribution is -0.384. The number of ketones is 1. The first-order valence-corrected chi connectivity index (χ1v) is 10.9. The first-order chi connectivity index (χ1) is 14.5. The highest BCUT2D eigenvalue weighted by Crippen LogP contribution is 2.29. The molecular weight excluding hydrogens is 378 g/mol. The summed E-state index contributed by atoms with van der Waals surface area (Å²) in [4.78, 5) is 25.8. The van der Waals surface area contributed by atoms with Crippen LogP contribution in [0.15, 0.2) is 48.5 Å². The van der Waals surface area contributed by atoms with Gasteiger partial charge in [0.2, 0.25) is 0 Å². The van der Waals surface area contributed by atoms with E-state index >= 15 is 0 Å². The second kappa shape index (κ2) is 12.8. The first-order valence-electron chi connectivity index (χ1n) is 10.9. The Kier molecular flexibility index (Phi) is 10.0. The molecular formula is C24H33N3O3. The van der Waals surface area contributed by atoms with Gasteiger partial charge in [-0.1, -0.05) is 51.0 Å². The van der Waals surface area contributed by atoms with Gasteiger partial charge in [0.15, 0.2) is 0 Å². The average molecular weight is 412 g/mol. The summed E-state index contributed by atoms with van der Waals surface area (Å²) >= 11 is 0. The summed E-state index contributed by atoms with van der Waals surface area (Å²) in [7, 11) is 0. The van der Waals surface area contributed by atoms with Crippen LogP contribution in [0.1, 0.15) is 51.5 Å². The van der Waals surface area contributed by atoms with Crippen LogP contribution in [0.5, 0.6) is 0 Å². The minimum absolute atomic E-state index is 0.0134. The molecule has 0 saturated carbocycles. The second-order valence-electron chi connectivity index (χ2n) is 7.51. The number of para-hydroxylation sites is 1. The van der Waals surface area contributed by atoms with E-state index in [2.05, 4.69) is 24.1 Å². The minimum Gasteiger partial charge on any atom is -0.350 e. The SMILES string of the molecule is CCN(CC)CCCCCCC(=O)Cc1ccc(Nc2ccccc2)c([N+](=O)[O-])c1. The van der Waals surface area contributed by atoms with Crippen LogP contribution < -0.4 is 5.32 Å². The predicted octanol–water partition coefficient (Wildman–Crippen LogP) is 5.74. The van der Waals surface area contributed by atoms with Gasteiger partial charge in [-0.15, -0.1) is 0 Å². The van der Waals surface area contributed by atoms with Gasteiger partial charge in [0.05, 0.1) is 4.92 Å². The Bertz CT molecular complexity index is 805. The van der Waals surface area contributed by atoms with Crippen LogP contribution in [-0.2, 0) is 11.2 Å². The van der Waals surface area contributed by atoms with Crippen LogP contribution in [0.4, 0.5) is 17.1 Å². The molecule has 0 saturated heterocycles. The molecule has 0 spiro atoms. The topological polar surface area (TPSA) is 75.5 Å². The predicted molar refractivity (Wildman–Crippen MR) is 122 cm³/mol. The molecule has 30 heavy (non-hydrogen) atoms. The molecule has 2 rings (SSSR count). The maximum Gasteiger partial charge on any atom is 0.292 e. The van der Waals surface area contributed by atoms with Crippen molar-refractivity contribution in [2.24, 2.45) is 0 Å². The highest BCUT2D eigenvalue weighted by atomic mass is 16.6. The molecule has 2 aromatic rings. The van der Waals surface area contributed by atoms with Crippen molar-refractivity contribution in [1.29, 1.82) is 0 Å². The molecule has 0 unspecified atom stereocenters. The van der Waals surface area contributed by atoms with Crippen LogP contribution in [0.25, 0.3) is 0 Å². The summed E-state index contributed by atoms with van der Waals surface area (Å²) < 4.78 is 0. The van der Waals surface area contributed by atoms with Gasteiger partial charge in [-0.25, -0.2) is 0 Å². The van der Waals surface area contributed by atoms with Crippen molar-refractivity contribution < 1.29 is 9.72 Å². The Morgan fingerprint density at radius 1 is 1.00 bits per heavy atom. The maximum atomic E-state index is 12.3. The van der Waals surface area contributed by atoms with Crippen molar-refractivity contribution in [2.45, 2.75) is 52.4 Å². The van der Waals surface area contributed by atoms with Gasteiger partial charge < -0.3 is 10.2 Å². The number of anilines is 2. The Morgan fingerprint density at radius 3 is 2.37 bits per heavy atom. The van der Waals surface area contributed by atoms with Crippen molar-refractivity contribution in [3.63, 3.8) is 0 Å². The molecule has 0 aliphatic carbocycles. The van der Waals surface area contributed by atoms with Gasteiger partial charge in [-0.2, -0.15) is 0 Å². The number of nitro benzene ring substituents is 1. The number of hydrogen-bond acceptors (Lipinski definition) is 5. The van der Waals surface area contributed by atoms with E-state index in [0.29, 0.717) is 17.7 Å². The number of benzene rings is 2. The molecule has 6 heteroatoms. The van der Waals surface area contributed by atoms with Gasteiger partial charge in [-0.05, 0) is 56.2 Å². The summed E-state index contributed by atoms with van der Waals surface area (Å²) in [6, 6.07) is 14.3. The monoisotopic (exact) mass is 411 g/mol. The fourth-order valence-electron chi connectivity index (χ4n) is 3.49. The van der Waals surface area contributed by atoms with E-state index in [0.717, 1.165) is 51.0 Å².